The topological polar surface area (TPSA) is 69.1 Å². The first kappa shape index (κ1) is 14.5. The minimum absolute atomic E-state index is 0.485. The van der Waals surface area contributed by atoms with Crippen LogP contribution in [-0.2, 0) is 5.75 Å². The number of fused-ring (bicyclic) bond motifs is 1. The van der Waals surface area contributed by atoms with Crippen molar-refractivity contribution in [1.29, 1.82) is 0 Å². The molecule has 0 unspecified atom stereocenters. The lowest BCUT2D eigenvalue weighted by molar-refractivity contribution is 0.900. The molecule has 8 heteroatoms. The van der Waals surface area contributed by atoms with Crippen molar-refractivity contribution in [2.24, 2.45) is 0 Å². The van der Waals surface area contributed by atoms with Gasteiger partial charge >= 0.3 is 0 Å². The van der Waals surface area contributed by atoms with Gasteiger partial charge < -0.3 is 10.1 Å². The Bertz CT molecular complexity index is 789. The van der Waals surface area contributed by atoms with E-state index < -0.39 is 0 Å². The van der Waals surface area contributed by atoms with Gasteiger partial charge in [0.2, 0.25) is 0 Å². The van der Waals surface area contributed by atoms with E-state index in [-0.39, 0.29) is 0 Å². The predicted octanol–water partition coefficient (Wildman–Crippen LogP) is 3.37. The van der Waals surface area contributed by atoms with Crippen LogP contribution in [0.15, 0.2) is 40.8 Å². The normalized spacial score (nSPS) is 11.1. The third-order valence-electron chi connectivity index (χ3n) is 2.73. The van der Waals surface area contributed by atoms with Crippen molar-refractivity contribution in [3.63, 3.8) is 0 Å². The molecule has 0 radical (unpaired) electrons. The van der Waals surface area contributed by atoms with Crippen molar-refractivity contribution < 1.29 is 0 Å². The summed E-state index contributed by atoms with van der Waals surface area (Å²) in [4.78, 5) is 13.2. The minimum atomic E-state index is 0.485. The second-order valence-corrected chi connectivity index (χ2v) is 6.46. The van der Waals surface area contributed by atoms with E-state index in [9.17, 15) is 0 Å². The summed E-state index contributed by atoms with van der Waals surface area (Å²) >= 11 is 9.02. The Morgan fingerprint density at radius 2 is 2.10 bits per heavy atom. The van der Waals surface area contributed by atoms with Crippen LogP contribution >= 0.6 is 35.1 Å². The molecule has 0 spiro atoms. The van der Waals surface area contributed by atoms with Crippen LogP contribution < -0.4 is 5.73 Å². The molecule has 5 nitrogen and oxygen atoms in total. The van der Waals surface area contributed by atoms with Gasteiger partial charge in [0.05, 0.1) is 10.7 Å². The van der Waals surface area contributed by atoms with E-state index in [1.54, 1.807) is 17.8 Å². The van der Waals surface area contributed by atoms with Gasteiger partial charge in [-0.15, -0.1) is 11.8 Å². The highest BCUT2D eigenvalue weighted by Gasteiger charge is 2.06. The van der Waals surface area contributed by atoms with E-state index in [4.69, 9.17) is 17.3 Å². The molecule has 0 saturated carbocycles. The number of pyridine rings is 1. The number of anilines is 1. The number of aromatic nitrogens is 4. The molecule has 0 aliphatic carbocycles. The summed E-state index contributed by atoms with van der Waals surface area (Å²) in [6.45, 7) is 0. The van der Waals surface area contributed by atoms with Crippen molar-refractivity contribution >= 4 is 46.6 Å². The van der Waals surface area contributed by atoms with E-state index in [0.29, 0.717) is 21.7 Å². The van der Waals surface area contributed by atoms with E-state index in [1.807, 2.05) is 35.2 Å². The maximum absolute atomic E-state index is 5.96. The fraction of sp³-hybridized carbons (Fsp3) is 0.154. The maximum Gasteiger partial charge on any atom is 0.190 e. The van der Waals surface area contributed by atoms with Crippen LogP contribution in [0.25, 0.3) is 5.65 Å². The zero-order chi connectivity index (χ0) is 14.8. The van der Waals surface area contributed by atoms with E-state index >= 15 is 0 Å². The van der Waals surface area contributed by atoms with Crippen molar-refractivity contribution in [3.05, 3.63) is 41.3 Å². The lowest BCUT2D eigenvalue weighted by Crippen LogP contribution is -1.96. The number of hydrogen-bond acceptors (Lipinski definition) is 6. The Morgan fingerprint density at radius 1 is 1.24 bits per heavy atom. The SMILES string of the molecule is CSc1cc(N)nc(SCc2cn3cc(Cl)ccc3n2)n1. The lowest BCUT2D eigenvalue weighted by Gasteiger charge is -2.02. The number of rotatable bonds is 4. The quantitative estimate of drug-likeness (QED) is 0.447. The van der Waals surface area contributed by atoms with Crippen LogP contribution in [0, 0.1) is 0 Å². The van der Waals surface area contributed by atoms with Crippen LogP contribution in [0.3, 0.4) is 0 Å². The maximum atomic E-state index is 5.96. The predicted molar refractivity (Wildman–Crippen MR) is 88.0 cm³/mol. The Balaban J connectivity index is 1.78. The zero-order valence-corrected chi connectivity index (χ0v) is 13.5. The number of nitrogen functional groups attached to an aromatic ring is 1. The molecule has 2 N–H and O–H groups in total. The molecular weight excluding hydrogens is 326 g/mol. The number of thioether (sulfide) groups is 2. The molecule has 3 aromatic heterocycles. The van der Waals surface area contributed by atoms with Gasteiger partial charge in [0.1, 0.15) is 16.5 Å². The van der Waals surface area contributed by atoms with Gasteiger partial charge in [0.25, 0.3) is 0 Å². The summed E-state index contributed by atoms with van der Waals surface area (Å²) in [6, 6.07) is 5.48. The van der Waals surface area contributed by atoms with Gasteiger partial charge in [-0.2, -0.15) is 0 Å². The van der Waals surface area contributed by atoms with Crippen molar-refractivity contribution in [1.82, 2.24) is 19.4 Å². The molecule has 3 heterocycles. The molecule has 0 saturated heterocycles. The lowest BCUT2D eigenvalue weighted by atomic mass is 10.5. The highest BCUT2D eigenvalue weighted by Crippen LogP contribution is 2.23. The molecule has 0 fully saturated rings. The molecule has 0 atom stereocenters. The molecule has 0 aliphatic rings. The summed E-state index contributed by atoms with van der Waals surface area (Å²) < 4.78 is 1.91. The number of nitrogens with two attached hydrogens (primary N) is 1. The molecule has 108 valence electrons. The fourth-order valence-corrected chi connectivity index (χ4v) is 3.21. The van der Waals surface area contributed by atoms with Crippen LogP contribution in [0.4, 0.5) is 5.82 Å². The van der Waals surface area contributed by atoms with Gasteiger partial charge in [-0.25, -0.2) is 15.0 Å². The number of halogens is 1. The largest absolute Gasteiger partial charge is 0.384 e. The van der Waals surface area contributed by atoms with Gasteiger partial charge in [-0.1, -0.05) is 23.4 Å². The van der Waals surface area contributed by atoms with Gasteiger partial charge in [-0.05, 0) is 18.4 Å². The van der Waals surface area contributed by atoms with E-state index in [0.717, 1.165) is 16.4 Å². The summed E-state index contributed by atoms with van der Waals surface area (Å²) in [7, 11) is 0. The molecule has 0 aromatic carbocycles. The van der Waals surface area contributed by atoms with Crippen molar-refractivity contribution in [3.8, 4) is 0 Å². The Kier molecular flexibility index (Phi) is 4.23. The highest BCUT2D eigenvalue weighted by atomic mass is 35.5. The minimum Gasteiger partial charge on any atom is -0.384 e. The number of imidazole rings is 1. The Labute approximate surface area is 135 Å². The molecule has 0 aliphatic heterocycles. The standard InChI is InChI=1S/C13H12ClN5S2/c1-20-12-4-10(15)17-13(18-12)21-7-9-6-19-5-8(14)2-3-11(19)16-9/h2-6H,7H2,1H3,(H2,15,17,18). The first-order valence-electron chi connectivity index (χ1n) is 6.08. The van der Waals surface area contributed by atoms with E-state index in [1.165, 1.54) is 11.8 Å². The number of nitrogens with zero attached hydrogens (tertiary/aromatic N) is 4. The molecule has 21 heavy (non-hydrogen) atoms. The Hall–Kier alpha value is -1.44. The average molecular weight is 338 g/mol. The molecule has 3 aromatic rings. The number of hydrogen-bond donors (Lipinski definition) is 1. The molecule has 0 bridgehead atoms. The van der Waals surface area contributed by atoms with Gasteiger partial charge in [0.15, 0.2) is 5.16 Å². The highest BCUT2D eigenvalue weighted by molar-refractivity contribution is 7.99. The van der Waals surface area contributed by atoms with Crippen LogP contribution in [0.5, 0.6) is 0 Å². The average Bonchev–Trinajstić information content (AvgIpc) is 2.86. The first-order valence-corrected chi connectivity index (χ1v) is 8.67. The molecule has 3 rings (SSSR count). The third-order valence-corrected chi connectivity index (χ3v) is 4.46. The molecular formula is C13H12ClN5S2. The second kappa shape index (κ2) is 6.13. The van der Waals surface area contributed by atoms with Crippen LogP contribution in [0.2, 0.25) is 5.02 Å². The summed E-state index contributed by atoms with van der Waals surface area (Å²) in [6.07, 6.45) is 5.75. The van der Waals surface area contributed by atoms with Crippen molar-refractivity contribution in [2.45, 2.75) is 15.9 Å². The van der Waals surface area contributed by atoms with E-state index in [2.05, 4.69) is 15.0 Å². The first-order chi connectivity index (χ1) is 10.1. The van der Waals surface area contributed by atoms with Crippen molar-refractivity contribution in [2.75, 3.05) is 12.0 Å². The monoisotopic (exact) mass is 337 g/mol. The van der Waals surface area contributed by atoms with Gasteiger partial charge in [-0.3, -0.25) is 0 Å². The van der Waals surface area contributed by atoms with Crippen LogP contribution in [0.1, 0.15) is 5.69 Å². The zero-order valence-electron chi connectivity index (χ0n) is 11.2. The van der Waals surface area contributed by atoms with Gasteiger partial charge in [0, 0.05) is 24.2 Å². The fourth-order valence-electron chi connectivity index (χ4n) is 1.82. The summed E-state index contributed by atoms with van der Waals surface area (Å²) in [5.74, 6) is 1.16. The third kappa shape index (κ3) is 3.42. The second-order valence-electron chi connectivity index (χ2n) is 4.25. The summed E-state index contributed by atoms with van der Waals surface area (Å²) in [5.41, 5.74) is 7.58. The smallest absolute Gasteiger partial charge is 0.190 e. The van der Waals surface area contributed by atoms with Crippen LogP contribution in [-0.4, -0.2) is 25.6 Å². The summed E-state index contributed by atoms with van der Waals surface area (Å²) in [5, 5.41) is 2.21. The molecule has 0 amide bonds. The Morgan fingerprint density at radius 3 is 2.90 bits per heavy atom.